The fourth-order valence-corrected chi connectivity index (χ4v) is 3.87. The van der Waals surface area contributed by atoms with Crippen molar-refractivity contribution < 1.29 is 14.3 Å². The Labute approximate surface area is 184 Å². The van der Waals surface area contributed by atoms with Gasteiger partial charge in [-0.05, 0) is 44.1 Å². The van der Waals surface area contributed by atoms with E-state index < -0.39 is 0 Å². The first-order chi connectivity index (χ1) is 15.1. The first-order valence-electron chi connectivity index (χ1n) is 10.9. The fraction of sp³-hybridized carbons (Fsp3) is 0.522. The number of ether oxygens (including phenoxy) is 1. The molecule has 3 rings (SSSR count). The molecule has 168 valence electrons. The highest BCUT2D eigenvalue weighted by Gasteiger charge is 2.22. The number of amides is 2. The smallest absolute Gasteiger partial charge is 0.252 e. The van der Waals surface area contributed by atoms with Gasteiger partial charge in [0.15, 0.2) is 0 Å². The molecule has 0 saturated heterocycles. The highest BCUT2D eigenvalue weighted by atomic mass is 16.5. The van der Waals surface area contributed by atoms with Crippen molar-refractivity contribution in [3.63, 3.8) is 0 Å². The van der Waals surface area contributed by atoms with Gasteiger partial charge in [-0.15, -0.1) is 0 Å². The van der Waals surface area contributed by atoms with Crippen LogP contribution in [0.4, 0.5) is 5.69 Å². The predicted molar refractivity (Wildman–Crippen MR) is 120 cm³/mol. The van der Waals surface area contributed by atoms with Gasteiger partial charge in [0.25, 0.3) is 5.91 Å². The summed E-state index contributed by atoms with van der Waals surface area (Å²) < 4.78 is 6.96. The molecule has 2 amide bonds. The number of carbonyl (C=O) groups excluding carboxylic acids is 2. The standard InChI is InChI=1S/C23H33N5O3/c1-25-12-7-15-28(23(30)19-31-2)21-9-4-3-8-20(21)18-26(17-16-25)22(29)10-5-13-27-14-6-11-24-27/h3-4,6,8-9,11,14H,5,7,10,12-13,15-19H2,1-2H3. The van der Waals surface area contributed by atoms with Crippen molar-refractivity contribution in [2.45, 2.75) is 32.4 Å². The van der Waals surface area contributed by atoms with E-state index >= 15 is 0 Å². The molecule has 0 unspecified atom stereocenters. The van der Waals surface area contributed by atoms with Gasteiger partial charge in [-0.3, -0.25) is 14.3 Å². The SMILES string of the molecule is COCC(=O)N1CCCN(C)CCN(C(=O)CCCn2cccn2)Cc2ccccc21. The molecule has 2 aromatic rings. The van der Waals surface area contributed by atoms with Crippen LogP contribution in [-0.2, 0) is 27.4 Å². The van der Waals surface area contributed by atoms with Crippen molar-refractivity contribution in [2.75, 3.05) is 51.8 Å². The molecule has 1 aliphatic heterocycles. The number of aryl methyl sites for hydroxylation is 1. The number of methoxy groups -OCH3 is 1. The number of fused-ring (bicyclic) bond motifs is 1. The first-order valence-corrected chi connectivity index (χ1v) is 10.9. The van der Waals surface area contributed by atoms with Gasteiger partial charge in [-0.1, -0.05) is 18.2 Å². The monoisotopic (exact) mass is 427 g/mol. The fourth-order valence-electron chi connectivity index (χ4n) is 3.87. The number of hydrogen-bond acceptors (Lipinski definition) is 5. The topological polar surface area (TPSA) is 70.9 Å². The number of nitrogens with zero attached hydrogens (tertiary/aromatic N) is 5. The second-order valence-corrected chi connectivity index (χ2v) is 7.95. The normalized spacial score (nSPS) is 15.9. The van der Waals surface area contributed by atoms with Gasteiger partial charge in [0, 0.05) is 64.3 Å². The van der Waals surface area contributed by atoms with Crippen LogP contribution in [0.3, 0.4) is 0 Å². The van der Waals surface area contributed by atoms with Crippen LogP contribution < -0.4 is 4.90 Å². The Balaban J connectivity index is 1.77. The lowest BCUT2D eigenvalue weighted by Gasteiger charge is -2.28. The van der Waals surface area contributed by atoms with Crippen molar-refractivity contribution in [1.82, 2.24) is 19.6 Å². The Morgan fingerprint density at radius 3 is 2.68 bits per heavy atom. The molecule has 31 heavy (non-hydrogen) atoms. The highest BCUT2D eigenvalue weighted by molar-refractivity contribution is 5.95. The third kappa shape index (κ3) is 6.63. The van der Waals surface area contributed by atoms with E-state index in [9.17, 15) is 9.59 Å². The van der Waals surface area contributed by atoms with Crippen LogP contribution in [0.5, 0.6) is 0 Å². The summed E-state index contributed by atoms with van der Waals surface area (Å²) in [5.74, 6) is 0.0679. The van der Waals surface area contributed by atoms with Crippen molar-refractivity contribution >= 4 is 17.5 Å². The summed E-state index contributed by atoms with van der Waals surface area (Å²) in [4.78, 5) is 31.8. The Kier molecular flexibility index (Phi) is 8.61. The molecule has 0 radical (unpaired) electrons. The first kappa shape index (κ1) is 23.0. The molecule has 0 N–H and O–H groups in total. The van der Waals surface area contributed by atoms with Crippen LogP contribution in [0, 0.1) is 0 Å². The van der Waals surface area contributed by atoms with E-state index in [-0.39, 0.29) is 18.4 Å². The van der Waals surface area contributed by atoms with E-state index in [1.54, 1.807) is 11.1 Å². The van der Waals surface area contributed by atoms with Crippen LogP contribution in [-0.4, -0.2) is 78.3 Å². The molecular formula is C23H33N5O3. The third-order valence-corrected chi connectivity index (χ3v) is 5.58. The lowest BCUT2D eigenvalue weighted by Crippen LogP contribution is -2.37. The van der Waals surface area contributed by atoms with E-state index in [2.05, 4.69) is 17.0 Å². The number of benzene rings is 1. The van der Waals surface area contributed by atoms with Gasteiger partial charge in [0.1, 0.15) is 6.61 Å². The number of anilines is 1. The number of aromatic nitrogens is 2. The Morgan fingerprint density at radius 2 is 1.90 bits per heavy atom. The minimum absolute atomic E-state index is 0.0419. The Bertz CT molecular complexity index is 839. The summed E-state index contributed by atoms with van der Waals surface area (Å²) in [6.07, 6.45) is 5.73. The maximum atomic E-state index is 13.1. The lowest BCUT2D eigenvalue weighted by molar-refractivity contribution is -0.132. The van der Waals surface area contributed by atoms with E-state index in [1.807, 2.05) is 46.1 Å². The zero-order valence-electron chi connectivity index (χ0n) is 18.6. The zero-order chi connectivity index (χ0) is 22.1. The average molecular weight is 428 g/mol. The molecule has 8 nitrogen and oxygen atoms in total. The number of hydrogen-bond donors (Lipinski definition) is 0. The maximum absolute atomic E-state index is 13.1. The molecule has 1 aromatic carbocycles. The van der Waals surface area contributed by atoms with Crippen molar-refractivity contribution in [3.8, 4) is 0 Å². The largest absolute Gasteiger partial charge is 0.375 e. The van der Waals surface area contributed by atoms with Crippen molar-refractivity contribution in [3.05, 3.63) is 48.3 Å². The molecule has 1 aromatic heterocycles. The van der Waals surface area contributed by atoms with E-state index in [1.165, 1.54) is 7.11 Å². The molecule has 0 bridgehead atoms. The van der Waals surface area contributed by atoms with E-state index in [0.717, 1.165) is 43.7 Å². The molecular weight excluding hydrogens is 394 g/mol. The summed E-state index contributed by atoms with van der Waals surface area (Å²) in [5, 5.41) is 4.20. The lowest BCUT2D eigenvalue weighted by atomic mass is 10.1. The molecule has 0 fully saturated rings. The van der Waals surface area contributed by atoms with Gasteiger partial charge in [0.2, 0.25) is 5.91 Å². The summed E-state index contributed by atoms with van der Waals surface area (Å²) >= 11 is 0. The minimum Gasteiger partial charge on any atom is -0.375 e. The zero-order valence-corrected chi connectivity index (χ0v) is 18.6. The van der Waals surface area contributed by atoms with Gasteiger partial charge < -0.3 is 19.4 Å². The minimum atomic E-state index is -0.0612. The molecule has 0 aliphatic carbocycles. The van der Waals surface area contributed by atoms with Crippen LogP contribution in [0.25, 0.3) is 0 Å². The molecule has 0 spiro atoms. The Hall–Kier alpha value is -2.71. The quantitative estimate of drug-likeness (QED) is 0.705. The predicted octanol–water partition coefficient (Wildman–Crippen LogP) is 2.01. The number of likely N-dealkylation sites (N-methyl/N-ethyl adjacent to an activating group) is 1. The summed E-state index contributed by atoms with van der Waals surface area (Å²) in [6, 6.07) is 9.76. The molecule has 1 aliphatic rings. The summed E-state index contributed by atoms with van der Waals surface area (Å²) in [6.45, 7) is 4.21. The third-order valence-electron chi connectivity index (χ3n) is 5.58. The van der Waals surface area contributed by atoms with E-state index in [4.69, 9.17) is 4.74 Å². The second-order valence-electron chi connectivity index (χ2n) is 7.95. The Morgan fingerprint density at radius 1 is 1.06 bits per heavy atom. The molecule has 2 heterocycles. The van der Waals surface area contributed by atoms with Gasteiger partial charge in [0.05, 0.1) is 0 Å². The molecule has 0 saturated carbocycles. The highest BCUT2D eigenvalue weighted by Crippen LogP contribution is 2.24. The van der Waals surface area contributed by atoms with Gasteiger partial charge in [-0.25, -0.2) is 0 Å². The van der Waals surface area contributed by atoms with Gasteiger partial charge in [-0.2, -0.15) is 5.10 Å². The van der Waals surface area contributed by atoms with Crippen LogP contribution in [0.15, 0.2) is 42.7 Å². The number of para-hydroxylation sites is 1. The number of carbonyl (C=O) groups is 2. The maximum Gasteiger partial charge on any atom is 0.252 e. The molecule has 0 atom stereocenters. The second kappa shape index (κ2) is 11.6. The molecule has 8 heteroatoms. The van der Waals surface area contributed by atoms with Crippen LogP contribution in [0.2, 0.25) is 0 Å². The average Bonchev–Trinajstić information content (AvgIpc) is 3.27. The summed E-state index contributed by atoms with van der Waals surface area (Å²) in [5.41, 5.74) is 1.85. The van der Waals surface area contributed by atoms with Crippen LogP contribution in [0.1, 0.15) is 24.8 Å². The van der Waals surface area contributed by atoms with Gasteiger partial charge >= 0.3 is 0 Å². The van der Waals surface area contributed by atoms with E-state index in [0.29, 0.717) is 26.1 Å². The van der Waals surface area contributed by atoms with Crippen molar-refractivity contribution in [1.29, 1.82) is 0 Å². The van der Waals surface area contributed by atoms with Crippen molar-refractivity contribution in [2.24, 2.45) is 0 Å². The number of rotatable bonds is 6. The summed E-state index contributed by atoms with van der Waals surface area (Å²) in [7, 11) is 3.60. The van der Waals surface area contributed by atoms with Crippen LogP contribution >= 0.6 is 0 Å².